The van der Waals surface area contributed by atoms with Crippen molar-refractivity contribution in [2.24, 2.45) is 0 Å². The number of benzene rings is 1. The molecule has 0 atom stereocenters. The predicted molar refractivity (Wildman–Crippen MR) is 70.5 cm³/mol. The Morgan fingerprint density at radius 3 is 2.62 bits per heavy atom. The smallest absolute Gasteiger partial charge is 0.129 e. The van der Waals surface area contributed by atoms with Gasteiger partial charge in [0, 0.05) is 10.2 Å². The molecule has 0 bridgehead atoms. The van der Waals surface area contributed by atoms with Crippen molar-refractivity contribution in [3.63, 3.8) is 0 Å². The molecule has 1 aromatic heterocycles. The second-order valence-electron chi connectivity index (χ2n) is 3.61. The first-order valence-corrected chi connectivity index (χ1v) is 6.02. The van der Waals surface area contributed by atoms with Crippen molar-refractivity contribution in [1.29, 1.82) is 0 Å². The van der Waals surface area contributed by atoms with E-state index in [4.69, 9.17) is 16.3 Å². The van der Waals surface area contributed by atoms with E-state index in [1.807, 2.05) is 26.0 Å². The van der Waals surface area contributed by atoms with Crippen LogP contribution in [0.5, 0.6) is 5.75 Å². The molecule has 4 heteroatoms. The highest BCUT2D eigenvalue weighted by atomic mass is 79.9. The summed E-state index contributed by atoms with van der Waals surface area (Å²) in [5.74, 6) is 0.749. The molecule has 2 rings (SSSR count). The quantitative estimate of drug-likeness (QED) is 0.784. The van der Waals surface area contributed by atoms with Crippen LogP contribution in [0.3, 0.4) is 0 Å². The van der Waals surface area contributed by atoms with Gasteiger partial charge in [0.05, 0.1) is 23.0 Å². The van der Waals surface area contributed by atoms with E-state index >= 15 is 0 Å². The zero-order valence-corrected chi connectivity index (χ0v) is 11.6. The fraction of sp³-hybridized carbons (Fsp3) is 0.250. The number of rotatable bonds is 1. The van der Waals surface area contributed by atoms with E-state index in [0.717, 1.165) is 32.4 Å². The molecule has 0 fully saturated rings. The van der Waals surface area contributed by atoms with Crippen molar-refractivity contribution in [3.05, 3.63) is 32.9 Å². The molecule has 0 saturated heterocycles. The van der Waals surface area contributed by atoms with Gasteiger partial charge in [-0.2, -0.15) is 0 Å². The summed E-state index contributed by atoms with van der Waals surface area (Å²) in [4.78, 5) is 4.53. The van der Waals surface area contributed by atoms with E-state index in [9.17, 15) is 0 Å². The van der Waals surface area contributed by atoms with Crippen LogP contribution in [-0.4, -0.2) is 12.1 Å². The van der Waals surface area contributed by atoms with Crippen molar-refractivity contribution in [1.82, 2.24) is 4.98 Å². The van der Waals surface area contributed by atoms with Crippen molar-refractivity contribution >= 4 is 38.4 Å². The molecule has 0 amide bonds. The highest BCUT2D eigenvalue weighted by Crippen LogP contribution is 2.37. The minimum Gasteiger partial charge on any atom is -0.496 e. The van der Waals surface area contributed by atoms with Gasteiger partial charge in [0.2, 0.25) is 0 Å². The van der Waals surface area contributed by atoms with E-state index < -0.39 is 0 Å². The number of methoxy groups -OCH3 is 1. The lowest BCUT2D eigenvalue weighted by molar-refractivity contribution is 0.419. The Balaban J connectivity index is 2.99. The van der Waals surface area contributed by atoms with Crippen LogP contribution >= 0.6 is 27.5 Å². The Labute approximate surface area is 108 Å². The van der Waals surface area contributed by atoms with Crippen molar-refractivity contribution < 1.29 is 4.74 Å². The van der Waals surface area contributed by atoms with Crippen LogP contribution < -0.4 is 4.74 Å². The summed E-state index contributed by atoms with van der Waals surface area (Å²) in [7, 11) is 1.63. The molecule has 0 radical (unpaired) electrons. The minimum atomic E-state index is 0.709. The maximum absolute atomic E-state index is 6.35. The molecule has 0 unspecified atom stereocenters. The van der Waals surface area contributed by atoms with Gasteiger partial charge in [0.1, 0.15) is 5.75 Å². The van der Waals surface area contributed by atoms with Gasteiger partial charge in [0.25, 0.3) is 0 Å². The van der Waals surface area contributed by atoms with Crippen LogP contribution in [0.15, 0.2) is 16.6 Å². The number of hydrogen-bond acceptors (Lipinski definition) is 2. The molecule has 0 saturated carbocycles. The number of fused-ring (bicyclic) bond motifs is 1. The lowest BCUT2D eigenvalue weighted by Crippen LogP contribution is -1.94. The van der Waals surface area contributed by atoms with Gasteiger partial charge in [-0.1, -0.05) is 11.6 Å². The summed E-state index contributed by atoms with van der Waals surface area (Å²) < 4.78 is 6.24. The first-order chi connectivity index (χ1) is 7.56. The summed E-state index contributed by atoms with van der Waals surface area (Å²) in [5.41, 5.74) is 2.77. The molecule has 1 aromatic carbocycles. The third-order valence-corrected chi connectivity index (χ3v) is 3.79. The zero-order chi connectivity index (χ0) is 11.9. The molecule has 0 spiro atoms. The Morgan fingerprint density at radius 1 is 1.31 bits per heavy atom. The minimum absolute atomic E-state index is 0.709. The third kappa shape index (κ3) is 1.68. The van der Waals surface area contributed by atoms with Crippen molar-refractivity contribution in [2.75, 3.05) is 7.11 Å². The molecule has 2 aromatic rings. The summed E-state index contributed by atoms with van der Waals surface area (Å²) in [5, 5.41) is 1.57. The number of hydrogen-bond donors (Lipinski definition) is 0. The summed E-state index contributed by atoms with van der Waals surface area (Å²) >= 11 is 9.82. The molecule has 2 nitrogen and oxygen atoms in total. The van der Waals surface area contributed by atoms with Crippen LogP contribution in [-0.2, 0) is 0 Å². The molecular weight excluding hydrogens is 289 g/mol. The van der Waals surface area contributed by atoms with Gasteiger partial charge < -0.3 is 4.74 Å². The van der Waals surface area contributed by atoms with Crippen molar-refractivity contribution in [3.8, 4) is 5.75 Å². The van der Waals surface area contributed by atoms with Gasteiger partial charge in [-0.3, -0.25) is 4.98 Å². The zero-order valence-electron chi connectivity index (χ0n) is 9.27. The SMILES string of the molecule is COc1ccc(Br)c2nc(C)c(C)c(Cl)c12. The number of aryl methyl sites for hydroxylation is 1. The Hall–Kier alpha value is -0.800. The highest BCUT2D eigenvalue weighted by Gasteiger charge is 2.13. The maximum atomic E-state index is 6.35. The van der Waals surface area contributed by atoms with E-state index in [0.29, 0.717) is 5.02 Å². The molecule has 0 aliphatic carbocycles. The second-order valence-corrected chi connectivity index (χ2v) is 4.84. The average molecular weight is 301 g/mol. The normalized spacial score (nSPS) is 10.8. The first kappa shape index (κ1) is 11.7. The van der Waals surface area contributed by atoms with Crippen LogP contribution in [0.25, 0.3) is 10.9 Å². The van der Waals surface area contributed by atoms with Gasteiger partial charge >= 0.3 is 0 Å². The van der Waals surface area contributed by atoms with E-state index in [2.05, 4.69) is 20.9 Å². The van der Waals surface area contributed by atoms with Crippen LogP contribution in [0.1, 0.15) is 11.3 Å². The lowest BCUT2D eigenvalue weighted by Gasteiger charge is -2.11. The second kappa shape index (κ2) is 4.22. The van der Waals surface area contributed by atoms with Gasteiger partial charge in [-0.05, 0) is 47.5 Å². The first-order valence-electron chi connectivity index (χ1n) is 4.85. The molecule has 84 valence electrons. The van der Waals surface area contributed by atoms with Gasteiger partial charge in [-0.25, -0.2) is 0 Å². The Morgan fingerprint density at radius 2 is 2.00 bits per heavy atom. The standard InChI is InChI=1S/C12H11BrClNO/c1-6-7(2)15-12-8(13)4-5-9(16-3)10(12)11(6)14/h4-5H,1-3H3. The maximum Gasteiger partial charge on any atom is 0.129 e. The molecule has 1 heterocycles. The number of halogens is 2. The Bertz CT molecular complexity index is 569. The predicted octanol–water partition coefficient (Wildman–Crippen LogP) is 4.28. The molecule has 0 N–H and O–H groups in total. The topological polar surface area (TPSA) is 22.1 Å². The molecule has 16 heavy (non-hydrogen) atoms. The van der Waals surface area contributed by atoms with Crippen LogP contribution in [0, 0.1) is 13.8 Å². The van der Waals surface area contributed by atoms with Crippen LogP contribution in [0.4, 0.5) is 0 Å². The molecule has 0 aliphatic rings. The van der Waals surface area contributed by atoms with Crippen LogP contribution in [0.2, 0.25) is 5.02 Å². The van der Waals surface area contributed by atoms with E-state index in [1.54, 1.807) is 7.11 Å². The van der Waals surface area contributed by atoms with Gasteiger partial charge in [0.15, 0.2) is 0 Å². The number of ether oxygens (including phenoxy) is 1. The van der Waals surface area contributed by atoms with Crippen molar-refractivity contribution in [2.45, 2.75) is 13.8 Å². The summed E-state index contributed by atoms with van der Waals surface area (Å²) in [6.07, 6.45) is 0. The molecule has 0 aliphatic heterocycles. The van der Waals surface area contributed by atoms with E-state index in [1.165, 1.54) is 0 Å². The fourth-order valence-electron chi connectivity index (χ4n) is 1.64. The van der Waals surface area contributed by atoms with E-state index in [-0.39, 0.29) is 0 Å². The summed E-state index contributed by atoms with van der Waals surface area (Å²) in [6, 6.07) is 3.80. The Kier molecular flexibility index (Phi) is 3.08. The highest BCUT2D eigenvalue weighted by molar-refractivity contribution is 9.10. The molecular formula is C12H11BrClNO. The largest absolute Gasteiger partial charge is 0.496 e. The fourth-order valence-corrected chi connectivity index (χ4v) is 2.38. The van der Waals surface area contributed by atoms with Gasteiger partial charge in [-0.15, -0.1) is 0 Å². The average Bonchev–Trinajstić information content (AvgIpc) is 2.27. The third-order valence-electron chi connectivity index (χ3n) is 2.68. The number of aromatic nitrogens is 1. The lowest BCUT2D eigenvalue weighted by atomic mass is 10.1. The number of pyridine rings is 1. The number of nitrogens with zero attached hydrogens (tertiary/aromatic N) is 1. The monoisotopic (exact) mass is 299 g/mol. The summed E-state index contributed by atoms with van der Waals surface area (Å²) in [6.45, 7) is 3.91.